The first-order chi connectivity index (χ1) is 18.9. The third-order valence-corrected chi connectivity index (χ3v) is 6.97. The molecule has 0 atom stereocenters. The summed E-state index contributed by atoms with van der Waals surface area (Å²) >= 11 is 0. The summed E-state index contributed by atoms with van der Waals surface area (Å²) in [7, 11) is 1.82. The van der Waals surface area contributed by atoms with Crippen LogP contribution in [0.5, 0.6) is 11.8 Å². The molecule has 0 N–H and O–H groups in total. The zero-order chi connectivity index (χ0) is 27.3. The molecular formula is C27H19BFN7O3. The Bertz CT molecular complexity index is 1830. The van der Waals surface area contributed by atoms with E-state index in [1.54, 1.807) is 31.2 Å². The van der Waals surface area contributed by atoms with Gasteiger partial charge in [-0.25, -0.2) is 29.6 Å². The van der Waals surface area contributed by atoms with Gasteiger partial charge in [-0.15, -0.1) is 0 Å². The number of rotatable bonds is 4. The van der Waals surface area contributed by atoms with Crippen LogP contribution in [0.4, 0.5) is 10.1 Å². The Morgan fingerprint density at radius 1 is 1.15 bits per heavy atom. The number of nitrogens with zero attached hydrogens (tertiary/aromatic N) is 7. The van der Waals surface area contributed by atoms with Gasteiger partial charge < -0.3 is 9.30 Å². The van der Waals surface area contributed by atoms with E-state index in [1.807, 2.05) is 11.6 Å². The van der Waals surface area contributed by atoms with Crippen molar-refractivity contribution in [1.82, 2.24) is 24.5 Å². The summed E-state index contributed by atoms with van der Waals surface area (Å²) in [5.74, 6) is 1.73. The van der Waals surface area contributed by atoms with E-state index in [0.29, 0.717) is 56.6 Å². The molecule has 0 radical (unpaired) electrons. The van der Waals surface area contributed by atoms with Crippen LogP contribution >= 0.6 is 0 Å². The molecule has 0 saturated carbocycles. The fourth-order valence-electron chi connectivity index (χ4n) is 5.16. The first-order valence-electron chi connectivity index (χ1n) is 12.1. The molecule has 190 valence electrons. The maximum absolute atomic E-state index is 16.1. The Morgan fingerprint density at radius 3 is 2.67 bits per heavy atom. The highest BCUT2D eigenvalue weighted by atomic mass is 19.1. The van der Waals surface area contributed by atoms with Gasteiger partial charge in [0.25, 0.3) is 5.69 Å². The Kier molecular flexibility index (Phi) is 5.76. The van der Waals surface area contributed by atoms with Crippen molar-refractivity contribution < 1.29 is 14.1 Å². The van der Waals surface area contributed by atoms with E-state index in [0.717, 1.165) is 0 Å². The number of non-ortho nitro benzene ring substituents is 1. The summed E-state index contributed by atoms with van der Waals surface area (Å²) in [4.78, 5) is 28.1. The molecule has 12 heteroatoms. The van der Waals surface area contributed by atoms with Gasteiger partial charge in [0.2, 0.25) is 0 Å². The quantitative estimate of drug-likeness (QED) is 0.192. The van der Waals surface area contributed by atoms with Crippen LogP contribution in [-0.4, -0.2) is 36.1 Å². The molecule has 10 nitrogen and oxygen atoms in total. The Labute approximate surface area is 222 Å². The Balaban J connectivity index is 1.63. The summed E-state index contributed by atoms with van der Waals surface area (Å²) in [6, 6.07) is 11.2. The monoisotopic (exact) mass is 519 g/mol. The predicted molar refractivity (Wildman–Crippen MR) is 142 cm³/mol. The van der Waals surface area contributed by atoms with Gasteiger partial charge in [0.1, 0.15) is 12.0 Å². The molecule has 0 aliphatic carbocycles. The van der Waals surface area contributed by atoms with E-state index >= 15 is 4.39 Å². The summed E-state index contributed by atoms with van der Waals surface area (Å²) < 4.78 is 23.7. The molecule has 0 unspecified atom stereocenters. The second-order valence-corrected chi connectivity index (χ2v) is 9.25. The third-order valence-electron chi connectivity index (χ3n) is 6.97. The number of benzene rings is 2. The van der Waals surface area contributed by atoms with Crippen LogP contribution < -0.4 is 10.3 Å². The second-order valence-electron chi connectivity index (χ2n) is 9.25. The topological polar surface area (TPSA) is 133 Å². The third kappa shape index (κ3) is 3.95. The van der Waals surface area contributed by atoms with Crippen LogP contribution in [0.2, 0.25) is 6.32 Å². The number of nitro benzene ring substituents is 1. The molecule has 0 amide bonds. The van der Waals surface area contributed by atoms with Gasteiger partial charge in [-0.2, -0.15) is 0 Å². The summed E-state index contributed by atoms with van der Waals surface area (Å²) in [6.45, 7) is 1.19. The van der Waals surface area contributed by atoms with Crippen molar-refractivity contribution in [3.8, 4) is 40.1 Å². The maximum Gasteiger partial charge on any atom is 0.323 e. The summed E-state index contributed by atoms with van der Waals surface area (Å²) in [5, 5.41) is 21.9. The molecule has 5 aromatic rings. The van der Waals surface area contributed by atoms with Gasteiger partial charge in [-0.1, -0.05) is 6.07 Å². The molecule has 6 rings (SSSR count). The highest BCUT2D eigenvalue weighted by Gasteiger charge is 2.33. The number of aromatic nitrogens is 5. The van der Waals surface area contributed by atoms with Crippen molar-refractivity contribution in [3.63, 3.8) is 0 Å². The molecular weight excluding hydrogens is 500 g/mol. The van der Waals surface area contributed by atoms with Gasteiger partial charge in [-0.3, -0.25) is 10.1 Å². The van der Waals surface area contributed by atoms with E-state index in [9.17, 15) is 15.4 Å². The molecule has 39 heavy (non-hydrogen) atoms. The first-order valence-corrected chi connectivity index (χ1v) is 12.1. The molecule has 3 aromatic heterocycles. The molecule has 4 heterocycles. The van der Waals surface area contributed by atoms with Crippen LogP contribution in [0.15, 0.2) is 55.0 Å². The largest absolute Gasteiger partial charge is 0.421 e. The van der Waals surface area contributed by atoms with Crippen LogP contribution in [0, 0.1) is 34.1 Å². The summed E-state index contributed by atoms with van der Waals surface area (Å²) in [6.07, 6.45) is 3.56. The average Bonchev–Trinajstić information content (AvgIpc) is 3.22. The van der Waals surface area contributed by atoms with Crippen LogP contribution in [0.3, 0.4) is 0 Å². The number of hydrogen-bond donors (Lipinski definition) is 0. The Morgan fingerprint density at radius 2 is 1.95 bits per heavy atom. The average molecular weight is 519 g/mol. The van der Waals surface area contributed by atoms with Crippen molar-refractivity contribution >= 4 is 29.0 Å². The minimum Gasteiger partial charge on any atom is -0.421 e. The van der Waals surface area contributed by atoms with E-state index in [2.05, 4.69) is 25.9 Å². The lowest BCUT2D eigenvalue weighted by Gasteiger charge is -2.19. The molecule has 1 aliphatic rings. The minimum atomic E-state index is -0.599. The lowest BCUT2D eigenvalue weighted by molar-refractivity contribution is -0.384. The number of aryl methyl sites for hydroxylation is 2. The SMILES string of the molecule is Cc1ccnc(Oc2ccc3c(c2F)CCB(C#N)c2ncnc4c2c-3c(-c2ccc([N+](=O)[O-])cc2)n4C)n1. The molecule has 0 spiro atoms. The number of halogens is 1. The van der Waals surface area contributed by atoms with Gasteiger partial charge in [0.05, 0.1) is 10.6 Å². The van der Waals surface area contributed by atoms with Gasteiger partial charge in [0.15, 0.2) is 11.6 Å². The number of fused-ring (bicyclic) bond motifs is 2. The zero-order valence-electron chi connectivity index (χ0n) is 20.9. The van der Waals surface area contributed by atoms with Gasteiger partial charge >= 0.3 is 12.7 Å². The van der Waals surface area contributed by atoms with E-state index in [-0.39, 0.29) is 23.9 Å². The lowest BCUT2D eigenvalue weighted by atomic mass is 9.44. The van der Waals surface area contributed by atoms with Crippen molar-refractivity contribution in [1.29, 1.82) is 5.26 Å². The summed E-state index contributed by atoms with van der Waals surface area (Å²) in [5.41, 5.74) is 4.78. The first kappa shape index (κ1) is 24.2. The predicted octanol–water partition coefficient (Wildman–Crippen LogP) is 4.56. The van der Waals surface area contributed by atoms with Crippen LogP contribution in [0.25, 0.3) is 33.4 Å². The fourth-order valence-corrected chi connectivity index (χ4v) is 5.16. The Hall–Kier alpha value is -5.18. The van der Waals surface area contributed by atoms with E-state index < -0.39 is 17.5 Å². The second kappa shape index (κ2) is 9.29. The molecule has 0 fully saturated rings. The van der Waals surface area contributed by atoms with Crippen molar-refractivity contribution in [2.24, 2.45) is 7.05 Å². The van der Waals surface area contributed by atoms with Gasteiger partial charge in [-0.05, 0) is 60.6 Å². The maximum atomic E-state index is 16.1. The molecule has 0 saturated heterocycles. The number of ether oxygens (including phenoxy) is 1. The zero-order valence-corrected chi connectivity index (χ0v) is 20.9. The van der Waals surface area contributed by atoms with Crippen LogP contribution in [-0.2, 0) is 13.5 Å². The number of nitro groups is 1. The van der Waals surface area contributed by atoms with Crippen molar-refractivity contribution in [2.45, 2.75) is 19.7 Å². The van der Waals surface area contributed by atoms with Crippen LogP contribution in [0.1, 0.15) is 11.3 Å². The number of nitriles is 1. The lowest BCUT2D eigenvalue weighted by Crippen LogP contribution is -2.34. The minimum absolute atomic E-state index is 0.0259. The van der Waals surface area contributed by atoms with Crippen molar-refractivity contribution in [3.05, 3.63) is 82.2 Å². The molecule has 0 bridgehead atoms. The normalized spacial score (nSPS) is 12.4. The van der Waals surface area contributed by atoms with E-state index in [1.165, 1.54) is 30.7 Å². The highest BCUT2D eigenvalue weighted by Crippen LogP contribution is 2.44. The fraction of sp³-hybridized carbons (Fsp3) is 0.148. The standard InChI is InChI=1S/C27H19BFN7O3/c1-15-10-12-31-27(34-15)39-20-8-7-18-19(23(20)29)9-11-28(13-30)25-22-21(18)24(35(2)26(22)33-14-32-25)16-3-5-17(6-4-16)36(37)38/h3-8,10,12,14H,9,11H2,1-2H3. The highest BCUT2D eigenvalue weighted by molar-refractivity contribution is 6.81. The van der Waals surface area contributed by atoms with Gasteiger partial charge in [0, 0.05) is 53.6 Å². The molecule has 2 aromatic carbocycles. The smallest absolute Gasteiger partial charge is 0.323 e. The van der Waals surface area contributed by atoms with Crippen molar-refractivity contribution in [2.75, 3.05) is 0 Å². The molecule has 1 aliphatic heterocycles. The van der Waals surface area contributed by atoms with E-state index in [4.69, 9.17) is 4.74 Å². The number of hydrogen-bond acceptors (Lipinski definition) is 8.